The number of likely N-dealkylation sites (N-methyl/N-ethyl adjacent to an activating group) is 1. The van der Waals surface area contributed by atoms with Crippen molar-refractivity contribution in [2.45, 2.75) is 45.4 Å². The minimum atomic E-state index is 0.0787. The van der Waals surface area contributed by atoms with Gasteiger partial charge in [-0.1, -0.05) is 32.6 Å². The van der Waals surface area contributed by atoms with E-state index in [0.29, 0.717) is 17.6 Å². The van der Waals surface area contributed by atoms with Gasteiger partial charge in [0.05, 0.1) is 20.7 Å². The molecule has 2 N–H and O–H groups in total. The summed E-state index contributed by atoms with van der Waals surface area (Å²) in [5.41, 5.74) is 2.89. The molecule has 0 aromatic rings. The molecule has 0 bridgehead atoms. The van der Waals surface area contributed by atoms with Crippen molar-refractivity contribution in [1.29, 1.82) is 0 Å². The Morgan fingerprint density at radius 1 is 1.19 bits per heavy atom. The molecule has 0 atom stereocenters. The Bertz CT molecular complexity index is 193. The molecule has 96 valence electrons. The Hall–Kier alpha value is -0.610. The minimum absolute atomic E-state index is 0.0787. The molecule has 0 spiro atoms. The number of unbranched alkanes of at least 4 members (excludes halogenated alkanes) is 4. The van der Waals surface area contributed by atoms with Crippen LogP contribution in [0.3, 0.4) is 0 Å². The number of aliphatic hydroxyl groups excluding tert-OH is 1. The summed E-state index contributed by atoms with van der Waals surface area (Å²) in [6, 6.07) is 0. The Morgan fingerprint density at radius 3 is 2.38 bits per heavy atom. The number of nitrogens with zero attached hydrogens (tertiary/aromatic N) is 1. The highest BCUT2D eigenvalue weighted by Crippen LogP contribution is 2.05. The first-order chi connectivity index (χ1) is 7.52. The van der Waals surface area contributed by atoms with Crippen LogP contribution in [0.15, 0.2) is 0 Å². The monoisotopic (exact) mass is 231 g/mol. The van der Waals surface area contributed by atoms with Gasteiger partial charge in [0.15, 0.2) is 0 Å². The largest absolute Gasteiger partial charge is 0.390 e. The van der Waals surface area contributed by atoms with E-state index in [1.54, 1.807) is 0 Å². The molecule has 4 heteroatoms. The van der Waals surface area contributed by atoms with Crippen molar-refractivity contribution < 1.29 is 14.5 Å². The van der Waals surface area contributed by atoms with Crippen LogP contribution < -0.4 is 5.43 Å². The standard InChI is InChI=1S/C12H26N2O2/c1-4-5-6-7-8-9-12(16)13-14(2,3)10-11-15/h15H,4-11H2,1-3H3/p+1. The molecule has 0 radical (unpaired) electrons. The highest BCUT2D eigenvalue weighted by molar-refractivity contribution is 5.74. The topological polar surface area (TPSA) is 49.3 Å². The fraction of sp³-hybridized carbons (Fsp3) is 0.917. The van der Waals surface area contributed by atoms with Crippen molar-refractivity contribution in [2.75, 3.05) is 27.2 Å². The molecule has 0 aromatic carbocycles. The maximum atomic E-state index is 11.6. The number of hydrogen-bond acceptors (Lipinski definition) is 2. The van der Waals surface area contributed by atoms with E-state index in [-0.39, 0.29) is 12.5 Å². The summed E-state index contributed by atoms with van der Waals surface area (Å²) >= 11 is 0. The summed E-state index contributed by atoms with van der Waals surface area (Å²) in [4.78, 5) is 11.6. The van der Waals surface area contributed by atoms with E-state index >= 15 is 0 Å². The molecule has 1 amide bonds. The Kier molecular flexibility index (Phi) is 8.21. The second-order valence-corrected chi connectivity index (χ2v) is 4.83. The molecule has 16 heavy (non-hydrogen) atoms. The first-order valence-corrected chi connectivity index (χ1v) is 6.27. The lowest BCUT2D eigenvalue weighted by molar-refractivity contribution is -0.925. The predicted octanol–water partition coefficient (Wildman–Crippen LogP) is 1.45. The van der Waals surface area contributed by atoms with Crippen molar-refractivity contribution in [3.8, 4) is 0 Å². The Balaban J connectivity index is 3.58. The van der Waals surface area contributed by atoms with Gasteiger partial charge in [-0.15, -0.1) is 0 Å². The summed E-state index contributed by atoms with van der Waals surface area (Å²) in [6.45, 7) is 2.81. The van der Waals surface area contributed by atoms with Gasteiger partial charge < -0.3 is 5.11 Å². The van der Waals surface area contributed by atoms with Crippen LogP contribution in [0.2, 0.25) is 0 Å². The van der Waals surface area contributed by atoms with Crippen molar-refractivity contribution in [1.82, 2.24) is 5.43 Å². The van der Waals surface area contributed by atoms with E-state index in [2.05, 4.69) is 12.3 Å². The third-order valence-electron chi connectivity index (χ3n) is 2.59. The molecule has 0 heterocycles. The summed E-state index contributed by atoms with van der Waals surface area (Å²) in [6.07, 6.45) is 6.40. The molecule has 0 fully saturated rings. The summed E-state index contributed by atoms with van der Waals surface area (Å²) in [5, 5.41) is 8.82. The van der Waals surface area contributed by atoms with Crippen LogP contribution in [0.25, 0.3) is 0 Å². The lowest BCUT2D eigenvalue weighted by Gasteiger charge is -2.28. The molecule has 0 rings (SSSR count). The number of carbonyl (C=O) groups excluding carboxylic acids is 1. The second kappa shape index (κ2) is 8.53. The summed E-state index contributed by atoms with van der Waals surface area (Å²) in [7, 11) is 3.76. The second-order valence-electron chi connectivity index (χ2n) is 4.83. The molecule has 4 nitrogen and oxygen atoms in total. The minimum Gasteiger partial charge on any atom is -0.390 e. The average molecular weight is 231 g/mol. The van der Waals surface area contributed by atoms with Crippen molar-refractivity contribution in [3.63, 3.8) is 0 Å². The van der Waals surface area contributed by atoms with Gasteiger partial charge in [0, 0.05) is 6.42 Å². The normalized spacial score (nSPS) is 11.5. The van der Waals surface area contributed by atoms with Crippen LogP contribution in [-0.2, 0) is 4.79 Å². The number of aliphatic hydroxyl groups is 1. The molecule has 0 saturated heterocycles. The smallest absolute Gasteiger partial charge is 0.264 e. The molecule has 0 aliphatic rings. The van der Waals surface area contributed by atoms with Crippen LogP contribution >= 0.6 is 0 Å². The third kappa shape index (κ3) is 8.68. The molecule has 0 aromatic heterocycles. The van der Waals surface area contributed by atoms with Gasteiger partial charge in [0.2, 0.25) is 0 Å². The van der Waals surface area contributed by atoms with E-state index in [0.717, 1.165) is 12.8 Å². The number of rotatable bonds is 9. The zero-order valence-electron chi connectivity index (χ0n) is 11.0. The van der Waals surface area contributed by atoms with Crippen molar-refractivity contribution >= 4 is 5.91 Å². The number of hydrogen-bond donors (Lipinski definition) is 2. The Labute approximate surface area is 99.2 Å². The molecule has 0 aliphatic carbocycles. The maximum absolute atomic E-state index is 11.6. The van der Waals surface area contributed by atoms with Gasteiger partial charge in [0.1, 0.15) is 6.54 Å². The van der Waals surface area contributed by atoms with Gasteiger partial charge in [-0.3, -0.25) is 4.79 Å². The van der Waals surface area contributed by atoms with Crippen molar-refractivity contribution in [3.05, 3.63) is 0 Å². The van der Waals surface area contributed by atoms with E-state index in [9.17, 15) is 4.79 Å². The highest BCUT2D eigenvalue weighted by atomic mass is 16.3. The van der Waals surface area contributed by atoms with Crippen LogP contribution in [-0.4, -0.2) is 42.9 Å². The first-order valence-electron chi connectivity index (χ1n) is 6.27. The Morgan fingerprint density at radius 2 is 1.81 bits per heavy atom. The lowest BCUT2D eigenvalue weighted by Crippen LogP contribution is -2.55. The van der Waals surface area contributed by atoms with Gasteiger partial charge in [-0.2, -0.15) is 0 Å². The first kappa shape index (κ1) is 15.4. The third-order valence-corrected chi connectivity index (χ3v) is 2.59. The summed E-state index contributed by atoms with van der Waals surface area (Å²) in [5.74, 6) is 0.0787. The van der Waals surface area contributed by atoms with Gasteiger partial charge in [-0.05, 0) is 6.42 Å². The fourth-order valence-corrected chi connectivity index (χ4v) is 1.59. The van der Waals surface area contributed by atoms with E-state index in [1.165, 1.54) is 19.3 Å². The maximum Gasteiger partial charge on any atom is 0.264 e. The summed E-state index contributed by atoms with van der Waals surface area (Å²) < 4.78 is 0.351. The lowest BCUT2D eigenvalue weighted by atomic mass is 10.1. The number of amides is 1. The molecular weight excluding hydrogens is 204 g/mol. The van der Waals surface area contributed by atoms with Crippen LogP contribution in [0.4, 0.5) is 0 Å². The highest BCUT2D eigenvalue weighted by Gasteiger charge is 2.17. The zero-order valence-corrected chi connectivity index (χ0v) is 11.0. The molecule has 0 aliphatic heterocycles. The van der Waals surface area contributed by atoms with Crippen molar-refractivity contribution in [2.24, 2.45) is 0 Å². The van der Waals surface area contributed by atoms with E-state index in [4.69, 9.17) is 5.11 Å². The number of carbonyl (C=O) groups is 1. The van der Waals surface area contributed by atoms with E-state index in [1.807, 2.05) is 14.1 Å². The number of quaternary nitrogens is 1. The van der Waals surface area contributed by atoms with Crippen LogP contribution in [0.5, 0.6) is 0 Å². The molecular formula is C12H27N2O2+. The van der Waals surface area contributed by atoms with Gasteiger partial charge >= 0.3 is 0 Å². The predicted molar refractivity (Wildman–Crippen MR) is 65.6 cm³/mol. The van der Waals surface area contributed by atoms with Gasteiger partial charge in [-0.25, -0.2) is 10.0 Å². The van der Waals surface area contributed by atoms with Crippen LogP contribution in [0, 0.1) is 0 Å². The SMILES string of the molecule is CCCCCCCC(=O)N[N+](C)(C)CCO. The fourth-order valence-electron chi connectivity index (χ4n) is 1.59. The van der Waals surface area contributed by atoms with Gasteiger partial charge in [0.25, 0.3) is 5.91 Å². The van der Waals surface area contributed by atoms with E-state index < -0.39 is 0 Å². The quantitative estimate of drug-likeness (QED) is 0.358. The average Bonchev–Trinajstić information content (AvgIpc) is 2.16. The van der Waals surface area contributed by atoms with Crippen LogP contribution in [0.1, 0.15) is 45.4 Å². The molecule has 0 saturated carbocycles. The molecule has 0 unspecified atom stereocenters. The number of nitrogens with one attached hydrogen (secondary N) is 1. The zero-order chi connectivity index (χ0) is 12.4.